The number of rotatable bonds is 2. The Morgan fingerprint density at radius 1 is 1.00 bits per heavy atom. The summed E-state index contributed by atoms with van der Waals surface area (Å²) >= 11 is 0. The normalized spacial score (nSPS) is 10.7. The van der Waals surface area contributed by atoms with Crippen molar-refractivity contribution in [2.75, 3.05) is 0 Å². The zero-order valence-electron chi connectivity index (χ0n) is 10.3. The standard InChI is InChI=1S/C16H9FO3/c17-11-7-5-10(6-8-11)15(18)13-9-20-14-4-2-1-3-12(14)16(13)19/h1-9H. The van der Waals surface area contributed by atoms with E-state index in [9.17, 15) is 14.0 Å². The predicted molar refractivity (Wildman–Crippen MR) is 72.3 cm³/mol. The molecule has 0 radical (unpaired) electrons. The molecule has 3 nitrogen and oxygen atoms in total. The molecule has 2 aromatic carbocycles. The van der Waals surface area contributed by atoms with Gasteiger partial charge in [0.2, 0.25) is 5.43 Å². The number of hydrogen-bond donors (Lipinski definition) is 0. The summed E-state index contributed by atoms with van der Waals surface area (Å²) in [4.78, 5) is 24.5. The zero-order chi connectivity index (χ0) is 14.1. The van der Waals surface area contributed by atoms with Gasteiger partial charge in [-0.1, -0.05) is 12.1 Å². The molecule has 0 aliphatic rings. The van der Waals surface area contributed by atoms with Gasteiger partial charge in [0, 0.05) is 5.56 Å². The molecule has 3 aromatic rings. The molecule has 0 aliphatic carbocycles. The molecule has 1 heterocycles. The van der Waals surface area contributed by atoms with Gasteiger partial charge in [0.25, 0.3) is 0 Å². The van der Waals surface area contributed by atoms with Crippen molar-refractivity contribution in [1.82, 2.24) is 0 Å². The third kappa shape index (κ3) is 2.01. The minimum Gasteiger partial charge on any atom is -0.463 e. The van der Waals surface area contributed by atoms with Gasteiger partial charge in [-0.05, 0) is 36.4 Å². The highest BCUT2D eigenvalue weighted by Gasteiger charge is 2.16. The topological polar surface area (TPSA) is 47.3 Å². The summed E-state index contributed by atoms with van der Waals surface area (Å²) in [5, 5.41) is 0.348. The van der Waals surface area contributed by atoms with Gasteiger partial charge in [-0.25, -0.2) is 4.39 Å². The van der Waals surface area contributed by atoms with E-state index in [2.05, 4.69) is 0 Å². The van der Waals surface area contributed by atoms with Crippen LogP contribution in [0.15, 0.2) is 64.0 Å². The number of ketones is 1. The van der Waals surface area contributed by atoms with E-state index >= 15 is 0 Å². The monoisotopic (exact) mass is 268 g/mol. The molecule has 0 saturated heterocycles. The minimum absolute atomic E-state index is 0.0599. The highest BCUT2D eigenvalue weighted by Crippen LogP contribution is 2.13. The Morgan fingerprint density at radius 3 is 2.45 bits per heavy atom. The van der Waals surface area contributed by atoms with Crippen LogP contribution >= 0.6 is 0 Å². The van der Waals surface area contributed by atoms with Crippen LogP contribution in [0.4, 0.5) is 4.39 Å². The van der Waals surface area contributed by atoms with E-state index in [1.54, 1.807) is 24.3 Å². The summed E-state index contributed by atoms with van der Waals surface area (Å²) in [5.41, 5.74) is 0.221. The first-order chi connectivity index (χ1) is 9.66. The van der Waals surface area contributed by atoms with Crippen molar-refractivity contribution in [3.63, 3.8) is 0 Å². The summed E-state index contributed by atoms with van der Waals surface area (Å²) in [5.74, 6) is -0.920. The molecule has 1 aromatic heterocycles. The third-order valence-electron chi connectivity index (χ3n) is 3.03. The van der Waals surface area contributed by atoms with Crippen molar-refractivity contribution in [3.8, 4) is 0 Å². The Hall–Kier alpha value is -2.75. The Kier molecular flexibility index (Phi) is 2.91. The first-order valence-corrected chi connectivity index (χ1v) is 5.97. The van der Waals surface area contributed by atoms with Gasteiger partial charge in [-0.2, -0.15) is 0 Å². The third-order valence-corrected chi connectivity index (χ3v) is 3.03. The second-order valence-electron chi connectivity index (χ2n) is 4.31. The maximum absolute atomic E-state index is 12.8. The molecule has 0 aliphatic heterocycles. The van der Waals surface area contributed by atoms with Crippen molar-refractivity contribution in [3.05, 3.63) is 82.0 Å². The molecule has 0 spiro atoms. The predicted octanol–water partition coefficient (Wildman–Crippen LogP) is 3.16. The van der Waals surface area contributed by atoms with Gasteiger partial charge in [-0.3, -0.25) is 9.59 Å². The number of carbonyl (C=O) groups is 1. The van der Waals surface area contributed by atoms with Crippen LogP contribution in [-0.4, -0.2) is 5.78 Å². The second kappa shape index (κ2) is 4.74. The lowest BCUT2D eigenvalue weighted by Gasteiger charge is -2.02. The molecule has 0 fully saturated rings. The van der Waals surface area contributed by atoms with Gasteiger partial charge in [0.15, 0.2) is 5.78 Å². The Balaban J connectivity index is 2.15. The number of fused-ring (bicyclic) bond motifs is 1. The highest BCUT2D eigenvalue weighted by molar-refractivity contribution is 6.09. The number of halogens is 1. The lowest BCUT2D eigenvalue weighted by Crippen LogP contribution is -2.15. The number of benzene rings is 2. The van der Waals surface area contributed by atoms with Gasteiger partial charge in [-0.15, -0.1) is 0 Å². The second-order valence-corrected chi connectivity index (χ2v) is 4.31. The summed E-state index contributed by atoms with van der Waals surface area (Å²) in [6.07, 6.45) is 1.15. The molecular formula is C16H9FO3. The van der Waals surface area contributed by atoms with E-state index in [0.717, 1.165) is 6.26 Å². The van der Waals surface area contributed by atoms with Crippen molar-refractivity contribution < 1.29 is 13.6 Å². The molecule has 0 bridgehead atoms. The maximum Gasteiger partial charge on any atom is 0.203 e. The highest BCUT2D eigenvalue weighted by atomic mass is 19.1. The molecule has 98 valence electrons. The summed E-state index contributed by atoms with van der Waals surface area (Å²) in [6, 6.07) is 11.7. The van der Waals surface area contributed by atoms with Crippen LogP contribution in [0.25, 0.3) is 11.0 Å². The smallest absolute Gasteiger partial charge is 0.203 e. The minimum atomic E-state index is -0.482. The Labute approximate surface area is 113 Å². The van der Waals surface area contributed by atoms with Gasteiger partial charge < -0.3 is 4.42 Å². The fourth-order valence-corrected chi connectivity index (χ4v) is 1.99. The Bertz CT molecular complexity index is 847. The fourth-order valence-electron chi connectivity index (χ4n) is 1.99. The van der Waals surface area contributed by atoms with Crippen LogP contribution in [0.2, 0.25) is 0 Å². The molecule has 4 heteroatoms. The quantitative estimate of drug-likeness (QED) is 0.671. The molecule has 0 unspecified atom stereocenters. The van der Waals surface area contributed by atoms with Crippen LogP contribution in [-0.2, 0) is 0 Å². The van der Waals surface area contributed by atoms with Gasteiger partial charge in [0.1, 0.15) is 23.2 Å². The summed E-state index contributed by atoms with van der Waals surface area (Å²) < 4.78 is 18.1. The molecule has 0 amide bonds. The van der Waals surface area contributed by atoms with Gasteiger partial charge >= 0.3 is 0 Å². The molecule has 3 rings (SSSR count). The van der Waals surface area contributed by atoms with Crippen LogP contribution < -0.4 is 5.43 Å². The van der Waals surface area contributed by atoms with E-state index in [0.29, 0.717) is 11.0 Å². The summed E-state index contributed by atoms with van der Waals surface area (Å²) in [7, 11) is 0. The first kappa shape index (κ1) is 12.3. The molecule has 0 N–H and O–H groups in total. The zero-order valence-corrected chi connectivity index (χ0v) is 10.3. The lowest BCUT2D eigenvalue weighted by molar-refractivity contribution is 0.103. The molecule has 20 heavy (non-hydrogen) atoms. The van der Waals surface area contributed by atoms with E-state index < -0.39 is 11.6 Å². The number of para-hydroxylation sites is 1. The van der Waals surface area contributed by atoms with Gasteiger partial charge in [0.05, 0.1) is 5.39 Å². The average molecular weight is 268 g/mol. The van der Waals surface area contributed by atoms with Crippen LogP contribution in [0.3, 0.4) is 0 Å². The number of carbonyl (C=O) groups excluding carboxylic acids is 1. The van der Waals surface area contributed by atoms with E-state index in [-0.39, 0.29) is 16.6 Å². The van der Waals surface area contributed by atoms with E-state index in [1.165, 1.54) is 24.3 Å². The van der Waals surface area contributed by atoms with E-state index in [1.807, 2.05) is 0 Å². The average Bonchev–Trinajstić information content (AvgIpc) is 2.48. The van der Waals surface area contributed by atoms with Crippen molar-refractivity contribution >= 4 is 16.8 Å². The lowest BCUT2D eigenvalue weighted by atomic mass is 10.0. The maximum atomic E-state index is 12.8. The fraction of sp³-hybridized carbons (Fsp3) is 0. The first-order valence-electron chi connectivity index (χ1n) is 5.97. The molecule has 0 atom stereocenters. The van der Waals surface area contributed by atoms with E-state index in [4.69, 9.17) is 4.42 Å². The molecule has 0 saturated carbocycles. The SMILES string of the molecule is O=C(c1ccc(F)cc1)c1coc2ccccc2c1=O. The van der Waals surface area contributed by atoms with Crippen LogP contribution in [0.1, 0.15) is 15.9 Å². The Morgan fingerprint density at radius 2 is 1.70 bits per heavy atom. The largest absolute Gasteiger partial charge is 0.463 e. The molecular weight excluding hydrogens is 259 g/mol. The summed E-state index contributed by atoms with van der Waals surface area (Å²) in [6.45, 7) is 0. The van der Waals surface area contributed by atoms with Crippen molar-refractivity contribution in [2.24, 2.45) is 0 Å². The van der Waals surface area contributed by atoms with Crippen molar-refractivity contribution in [1.29, 1.82) is 0 Å². The van der Waals surface area contributed by atoms with Crippen molar-refractivity contribution in [2.45, 2.75) is 0 Å². The van der Waals surface area contributed by atoms with Crippen LogP contribution in [0, 0.1) is 5.82 Å². The number of hydrogen-bond acceptors (Lipinski definition) is 3. The van der Waals surface area contributed by atoms with Crippen LogP contribution in [0.5, 0.6) is 0 Å².